The summed E-state index contributed by atoms with van der Waals surface area (Å²) in [5.41, 5.74) is 1.85. The Morgan fingerprint density at radius 3 is 2.23 bits per heavy atom. The summed E-state index contributed by atoms with van der Waals surface area (Å²) in [5, 5.41) is 24.7. The van der Waals surface area contributed by atoms with Gasteiger partial charge in [0.2, 0.25) is 0 Å². The van der Waals surface area contributed by atoms with E-state index in [1.165, 1.54) is 6.92 Å². The summed E-state index contributed by atoms with van der Waals surface area (Å²) in [6.07, 6.45) is -8.17. The van der Waals surface area contributed by atoms with Crippen LogP contribution < -0.4 is 4.74 Å². The van der Waals surface area contributed by atoms with Gasteiger partial charge in [0.25, 0.3) is 0 Å². The lowest BCUT2D eigenvalue weighted by Gasteiger charge is -2.23. The highest BCUT2D eigenvalue weighted by molar-refractivity contribution is 5.63. The number of aliphatic hydroxyl groups is 2. The van der Waals surface area contributed by atoms with Crippen LogP contribution in [0.15, 0.2) is 54.6 Å². The number of aromatic nitrogens is 2. The van der Waals surface area contributed by atoms with E-state index >= 15 is 0 Å². The van der Waals surface area contributed by atoms with Crippen molar-refractivity contribution >= 4 is 0 Å². The summed E-state index contributed by atoms with van der Waals surface area (Å²) in [5.74, 6) is 0.668. The maximum absolute atomic E-state index is 12.7. The van der Waals surface area contributed by atoms with Crippen LogP contribution in [0.3, 0.4) is 0 Å². The second kappa shape index (κ2) is 8.72. The van der Waals surface area contributed by atoms with Crippen molar-refractivity contribution in [1.29, 1.82) is 0 Å². The van der Waals surface area contributed by atoms with Crippen LogP contribution in [0.5, 0.6) is 5.75 Å². The number of methoxy groups -OCH3 is 1. The topological polar surface area (TPSA) is 67.5 Å². The second-order valence-corrected chi connectivity index (χ2v) is 7.76. The molecule has 0 amide bonds. The van der Waals surface area contributed by atoms with Crippen LogP contribution in [0.4, 0.5) is 13.2 Å². The first-order chi connectivity index (χ1) is 14.5. The van der Waals surface area contributed by atoms with Gasteiger partial charge < -0.3 is 14.9 Å². The molecule has 0 aliphatic carbocycles. The van der Waals surface area contributed by atoms with Gasteiger partial charge in [0, 0.05) is 5.56 Å². The third kappa shape index (κ3) is 5.26. The number of benzene rings is 2. The molecule has 0 bridgehead atoms. The van der Waals surface area contributed by atoms with Gasteiger partial charge in [0.15, 0.2) is 0 Å². The molecule has 3 rings (SSSR count). The quantitative estimate of drug-likeness (QED) is 0.562. The van der Waals surface area contributed by atoms with Crippen LogP contribution in [-0.4, -0.2) is 39.4 Å². The largest absolute Gasteiger partial charge is 0.497 e. The molecule has 2 atom stereocenters. The van der Waals surface area contributed by atoms with E-state index in [0.29, 0.717) is 17.1 Å². The molecule has 2 aromatic carbocycles. The zero-order chi connectivity index (χ0) is 22.8. The molecule has 3 aromatic rings. The summed E-state index contributed by atoms with van der Waals surface area (Å²) in [4.78, 5) is 0. The fourth-order valence-electron chi connectivity index (χ4n) is 3.20. The molecule has 0 spiro atoms. The van der Waals surface area contributed by atoms with Crippen molar-refractivity contribution in [2.75, 3.05) is 7.11 Å². The van der Waals surface area contributed by atoms with Crippen LogP contribution in [0.1, 0.15) is 31.0 Å². The Labute approximate surface area is 178 Å². The Balaban J connectivity index is 2.00. The maximum Gasteiger partial charge on any atom is 0.414 e. The predicted molar refractivity (Wildman–Crippen MR) is 111 cm³/mol. The van der Waals surface area contributed by atoms with E-state index in [1.807, 2.05) is 31.2 Å². The molecule has 0 radical (unpaired) electrons. The highest BCUT2D eigenvalue weighted by Crippen LogP contribution is 2.34. The van der Waals surface area contributed by atoms with Crippen molar-refractivity contribution in [1.82, 2.24) is 9.78 Å². The number of aliphatic hydroxyl groups excluding tert-OH is 1. The van der Waals surface area contributed by atoms with Gasteiger partial charge in [-0.25, -0.2) is 4.68 Å². The molecule has 31 heavy (non-hydrogen) atoms. The van der Waals surface area contributed by atoms with Crippen LogP contribution in [0.25, 0.3) is 16.9 Å². The minimum Gasteiger partial charge on any atom is -0.497 e. The summed E-state index contributed by atoms with van der Waals surface area (Å²) >= 11 is 0. The Morgan fingerprint density at radius 1 is 1.06 bits per heavy atom. The Hall–Kier alpha value is -2.84. The van der Waals surface area contributed by atoms with Crippen molar-refractivity contribution in [2.45, 2.75) is 44.6 Å². The van der Waals surface area contributed by atoms with Crippen molar-refractivity contribution in [3.63, 3.8) is 0 Å². The average Bonchev–Trinajstić information content (AvgIpc) is 3.18. The zero-order valence-corrected chi connectivity index (χ0v) is 17.5. The zero-order valence-electron chi connectivity index (χ0n) is 17.5. The van der Waals surface area contributed by atoms with Crippen LogP contribution in [0.2, 0.25) is 0 Å². The predicted octanol–water partition coefficient (Wildman–Crippen LogP) is 4.77. The van der Waals surface area contributed by atoms with Gasteiger partial charge in [-0.05, 0) is 57.0 Å². The molecule has 5 nitrogen and oxygen atoms in total. The molecule has 2 unspecified atom stereocenters. The van der Waals surface area contributed by atoms with E-state index in [0.717, 1.165) is 11.1 Å². The first-order valence-electron chi connectivity index (χ1n) is 9.80. The van der Waals surface area contributed by atoms with E-state index in [9.17, 15) is 23.4 Å². The first kappa shape index (κ1) is 22.8. The van der Waals surface area contributed by atoms with Crippen molar-refractivity contribution in [3.05, 3.63) is 65.9 Å². The molecule has 0 fully saturated rings. The highest BCUT2D eigenvalue weighted by Gasteiger charge is 2.40. The minimum atomic E-state index is -4.73. The number of rotatable bonds is 7. The number of ether oxygens (including phenoxy) is 1. The number of nitrogens with zero attached hydrogens (tertiary/aromatic N) is 2. The van der Waals surface area contributed by atoms with Gasteiger partial charge in [-0.3, -0.25) is 0 Å². The average molecular weight is 434 g/mol. The van der Waals surface area contributed by atoms with E-state index in [2.05, 4.69) is 5.10 Å². The van der Waals surface area contributed by atoms with Crippen LogP contribution >= 0.6 is 0 Å². The fourth-order valence-corrected chi connectivity index (χ4v) is 3.20. The summed E-state index contributed by atoms with van der Waals surface area (Å²) in [6.45, 7) is 3.36. The van der Waals surface area contributed by atoms with E-state index in [4.69, 9.17) is 4.74 Å². The molecule has 166 valence electrons. The summed E-state index contributed by atoms with van der Waals surface area (Å²) < 4.78 is 44.8. The van der Waals surface area contributed by atoms with Crippen molar-refractivity contribution < 1.29 is 28.1 Å². The van der Waals surface area contributed by atoms with Gasteiger partial charge in [-0.15, -0.1) is 0 Å². The molecule has 8 heteroatoms. The molecular formula is C23H25F3N2O3. The van der Waals surface area contributed by atoms with Gasteiger partial charge in [-0.1, -0.05) is 29.8 Å². The minimum absolute atomic E-state index is 0.216. The maximum atomic E-state index is 12.7. The molecule has 0 aliphatic heterocycles. The normalized spacial score (nSPS) is 14.8. The van der Waals surface area contributed by atoms with E-state index < -0.39 is 24.3 Å². The molecule has 0 saturated carbocycles. The fraction of sp³-hybridized carbons (Fsp3) is 0.348. The van der Waals surface area contributed by atoms with Crippen molar-refractivity contribution in [3.8, 4) is 22.7 Å². The number of hydrogen-bond acceptors (Lipinski definition) is 4. The smallest absolute Gasteiger partial charge is 0.414 e. The molecule has 1 aromatic heterocycles. The summed E-state index contributed by atoms with van der Waals surface area (Å²) in [7, 11) is 1.56. The van der Waals surface area contributed by atoms with E-state index in [-0.39, 0.29) is 12.1 Å². The molecule has 2 N–H and O–H groups in total. The first-order valence-corrected chi connectivity index (χ1v) is 9.80. The highest BCUT2D eigenvalue weighted by atomic mass is 19.4. The lowest BCUT2D eigenvalue weighted by atomic mass is 9.93. The van der Waals surface area contributed by atoms with Gasteiger partial charge in [0.1, 0.15) is 17.5 Å². The number of halogens is 3. The Morgan fingerprint density at radius 2 is 1.68 bits per heavy atom. The Bertz CT molecular complexity index is 1010. The lowest BCUT2D eigenvalue weighted by molar-refractivity contribution is -0.208. The number of alkyl halides is 3. The van der Waals surface area contributed by atoms with Crippen LogP contribution in [0, 0.1) is 6.92 Å². The monoisotopic (exact) mass is 434 g/mol. The van der Waals surface area contributed by atoms with Gasteiger partial charge in [0.05, 0.1) is 24.2 Å². The third-order valence-corrected chi connectivity index (χ3v) is 5.21. The lowest BCUT2D eigenvalue weighted by Crippen LogP contribution is -2.32. The van der Waals surface area contributed by atoms with E-state index in [1.54, 1.807) is 42.1 Å². The number of aryl methyl sites for hydroxylation is 1. The molecule has 1 heterocycles. The van der Waals surface area contributed by atoms with Gasteiger partial charge in [-0.2, -0.15) is 18.3 Å². The second-order valence-electron chi connectivity index (χ2n) is 7.76. The van der Waals surface area contributed by atoms with Crippen molar-refractivity contribution in [2.24, 2.45) is 0 Å². The SMILES string of the molecule is COc1ccc(-n2nc(C(C)(O)CCC(O)C(F)(F)F)cc2-c2ccc(C)cc2)cc1. The third-order valence-electron chi connectivity index (χ3n) is 5.21. The molecular weight excluding hydrogens is 409 g/mol. The number of hydrogen-bond donors (Lipinski definition) is 2. The molecule has 0 saturated heterocycles. The molecule has 0 aliphatic rings. The Kier molecular flexibility index (Phi) is 6.43. The van der Waals surface area contributed by atoms with Gasteiger partial charge >= 0.3 is 6.18 Å². The summed E-state index contributed by atoms with van der Waals surface area (Å²) in [6, 6.07) is 16.5. The van der Waals surface area contributed by atoms with Crippen LogP contribution in [-0.2, 0) is 5.60 Å². The standard InChI is InChI=1S/C23H25F3N2O3/c1-15-4-6-16(7-5-15)19-14-20(22(2,30)13-12-21(29)23(24,25)26)27-28(19)17-8-10-18(31-3)11-9-17/h4-11,14,21,29-30H,12-13H2,1-3H3.